The molecule has 180 valence electrons. The van der Waals surface area contributed by atoms with Crippen LogP contribution in [0.2, 0.25) is 0 Å². The number of likely N-dealkylation sites (tertiary alicyclic amines) is 1. The Balaban J connectivity index is 1.05. The minimum Gasteiger partial charge on any atom is -0.304 e. The van der Waals surface area contributed by atoms with E-state index in [9.17, 15) is 13.2 Å². The average Bonchev–Trinajstić information content (AvgIpc) is 3.12. The number of hydrogen-bond acceptors (Lipinski definition) is 6. The second kappa shape index (κ2) is 9.30. The maximum absolute atomic E-state index is 12.8. The van der Waals surface area contributed by atoms with Gasteiger partial charge in [-0.15, -0.1) is 10.2 Å². The molecule has 3 aromatic rings. The van der Waals surface area contributed by atoms with Crippen LogP contribution in [0.5, 0.6) is 0 Å². The van der Waals surface area contributed by atoms with Gasteiger partial charge >= 0.3 is 6.18 Å². The van der Waals surface area contributed by atoms with E-state index in [4.69, 9.17) is 0 Å². The molecule has 0 N–H and O–H groups in total. The lowest BCUT2D eigenvalue weighted by Crippen LogP contribution is -2.23. The molecule has 1 spiro atoms. The van der Waals surface area contributed by atoms with Crippen molar-refractivity contribution < 1.29 is 13.2 Å². The molecule has 2 atom stereocenters. The summed E-state index contributed by atoms with van der Waals surface area (Å²) in [6.45, 7) is 3.26. The molecule has 2 aromatic heterocycles. The second-order valence-electron chi connectivity index (χ2n) is 9.35. The third kappa shape index (κ3) is 4.98. The lowest BCUT2D eigenvalue weighted by atomic mass is 9.98. The van der Waals surface area contributed by atoms with Crippen molar-refractivity contribution in [3.05, 3.63) is 54.0 Å². The highest BCUT2D eigenvalue weighted by molar-refractivity contribution is 7.99. The van der Waals surface area contributed by atoms with E-state index in [2.05, 4.69) is 25.1 Å². The Hall–Kier alpha value is -2.46. The topological polar surface area (TPSA) is 59.7 Å². The Kier molecular flexibility index (Phi) is 6.37. The second-order valence-corrected chi connectivity index (χ2v) is 10.4. The number of hydrogen-bond donors (Lipinski definition) is 0. The molecule has 1 aliphatic carbocycles. The predicted molar refractivity (Wildman–Crippen MR) is 124 cm³/mol. The van der Waals surface area contributed by atoms with E-state index in [0.29, 0.717) is 22.9 Å². The Labute approximate surface area is 201 Å². The van der Waals surface area contributed by atoms with Crippen LogP contribution in [0.15, 0.2) is 48.0 Å². The van der Waals surface area contributed by atoms with Gasteiger partial charge < -0.3 is 9.47 Å². The quantitative estimate of drug-likeness (QED) is 0.338. The summed E-state index contributed by atoms with van der Waals surface area (Å²) in [7, 11) is 1.94. The molecule has 34 heavy (non-hydrogen) atoms. The van der Waals surface area contributed by atoms with Gasteiger partial charge in [0.25, 0.3) is 0 Å². The number of thioether (sulfide) groups is 1. The number of alkyl halides is 3. The molecule has 6 nitrogen and oxygen atoms in total. The van der Waals surface area contributed by atoms with Crippen molar-refractivity contribution in [2.24, 2.45) is 18.4 Å². The number of aromatic nitrogens is 5. The Morgan fingerprint density at radius 2 is 1.97 bits per heavy atom. The van der Waals surface area contributed by atoms with Crippen LogP contribution < -0.4 is 0 Å². The molecule has 2 aliphatic rings. The minimum atomic E-state index is -4.27. The lowest BCUT2D eigenvalue weighted by molar-refractivity contribution is -0.137. The first-order valence-corrected chi connectivity index (χ1v) is 12.5. The fourth-order valence-electron chi connectivity index (χ4n) is 5.04. The summed E-state index contributed by atoms with van der Waals surface area (Å²) in [5.74, 6) is 2.26. The molecule has 5 rings (SSSR count). The molecule has 1 saturated carbocycles. The van der Waals surface area contributed by atoms with Crippen LogP contribution in [0.1, 0.15) is 30.4 Å². The standard InChI is InChI=1S/C24H27F3N6S/c1-32-21(20-15-28-8-9-29-20)30-31-22(32)34-12-2-10-33-11-7-23(16-33)14-19(23)13-17-3-5-18(6-4-17)24(25,26)27/h3-6,8-9,15,19H,2,7,10-14,16H2,1H3/t19?,23-/m0/s1. The first-order chi connectivity index (χ1) is 16.3. The van der Waals surface area contributed by atoms with Gasteiger partial charge in [-0.05, 0) is 67.8 Å². The Morgan fingerprint density at radius 1 is 1.15 bits per heavy atom. The minimum absolute atomic E-state index is 0.366. The van der Waals surface area contributed by atoms with Crippen LogP contribution in [0.25, 0.3) is 11.5 Å². The van der Waals surface area contributed by atoms with Crippen molar-refractivity contribution in [1.29, 1.82) is 0 Å². The summed E-state index contributed by atoms with van der Waals surface area (Å²) >= 11 is 1.70. The van der Waals surface area contributed by atoms with Crippen LogP contribution in [-0.2, 0) is 19.6 Å². The van der Waals surface area contributed by atoms with Crippen LogP contribution in [0.3, 0.4) is 0 Å². The molecule has 1 saturated heterocycles. The molecule has 3 heterocycles. The van der Waals surface area contributed by atoms with Crippen LogP contribution in [0, 0.1) is 11.3 Å². The van der Waals surface area contributed by atoms with Crippen LogP contribution >= 0.6 is 11.8 Å². The normalized spacial score (nSPS) is 22.5. The molecular formula is C24H27F3N6S. The van der Waals surface area contributed by atoms with Gasteiger partial charge in [0.05, 0.1) is 11.8 Å². The van der Waals surface area contributed by atoms with Crippen molar-refractivity contribution in [3.63, 3.8) is 0 Å². The maximum Gasteiger partial charge on any atom is 0.416 e. The van der Waals surface area contributed by atoms with Crippen LogP contribution in [0.4, 0.5) is 13.2 Å². The molecule has 1 aliphatic heterocycles. The molecule has 2 fully saturated rings. The van der Waals surface area contributed by atoms with Gasteiger partial charge in [-0.25, -0.2) is 4.98 Å². The van der Waals surface area contributed by atoms with Crippen molar-refractivity contribution in [3.8, 4) is 11.5 Å². The zero-order chi connectivity index (χ0) is 23.8. The van der Waals surface area contributed by atoms with Gasteiger partial charge in [0, 0.05) is 31.7 Å². The fraction of sp³-hybridized carbons (Fsp3) is 0.500. The van der Waals surface area contributed by atoms with Crippen LogP contribution in [-0.4, -0.2) is 55.0 Å². The molecule has 0 bridgehead atoms. The average molecular weight is 489 g/mol. The summed E-state index contributed by atoms with van der Waals surface area (Å²) in [4.78, 5) is 10.9. The van der Waals surface area contributed by atoms with Gasteiger partial charge in [-0.2, -0.15) is 13.2 Å². The molecule has 1 unspecified atom stereocenters. The number of rotatable bonds is 8. The van der Waals surface area contributed by atoms with Crippen molar-refractivity contribution in [2.45, 2.75) is 37.0 Å². The number of benzene rings is 1. The van der Waals surface area contributed by atoms with E-state index < -0.39 is 11.7 Å². The Morgan fingerprint density at radius 3 is 2.71 bits per heavy atom. The highest BCUT2D eigenvalue weighted by atomic mass is 32.2. The van der Waals surface area contributed by atoms with Gasteiger partial charge in [-0.3, -0.25) is 4.98 Å². The smallest absolute Gasteiger partial charge is 0.304 e. The van der Waals surface area contributed by atoms with E-state index in [1.165, 1.54) is 25.0 Å². The SMILES string of the molecule is Cn1c(SCCCN2CC[C@]3(CC3Cc3ccc(C(F)(F)F)cc3)C2)nnc1-c1cnccn1. The third-order valence-corrected chi connectivity index (χ3v) is 8.17. The monoisotopic (exact) mass is 488 g/mol. The Bertz CT molecular complexity index is 1120. The van der Waals surface area contributed by atoms with E-state index in [0.717, 1.165) is 48.9 Å². The number of halogens is 3. The van der Waals surface area contributed by atoms with E-state index in [1.54, 1.807) is 42.5 Å². The van der Waals surface area contributed by atoms with E-state index in [-0.39, 0.29) is 0 Å². The predicted octanol–water partition coefficient (Wildman–Crippen LogP) is 4.73. The van der Waals surface area contributed by atoms with E-state index in [1.807, 2.05) is 11.6 Å². The summed E-state index contributed by atoms with van der Waals surface area (Å²) in [5.41, 5.74) is 1.51. The highest BCUT2D eigenvalue weighted by Gasteiger charge is 2.56. The van der Waals surface area contributed by atoms with Crippen molar-refractivity contribution in [1.82, 2.24) is 29.6 Å². The zero-order valence-corrected chi connectivity index (χ0v) is 19.8. The summed E-state index contributed by atoms with van der Waals surface area (Å²) in [6, 6.07) is 5.69. The third-order valence-electron chi connectivity index (χ3n) is 7.06. The summed E-state index contributed by atoms with van der Waals surface area (Å²) < 4.78 is 40.3. The molecule has 0 amide bonds. The molecule has 10 heteroatoms. The van der Waals surface area contributed by atoms with Gasteiger partial charge in [0.1, 0.15) is 5.69 Å². The first-order valence-electron chi connectivity index (χ1n) is 11.5. The molecule has 1 aromatic carbocycles. The lowest BCUT2D eigenvalue weighted by Gasteiger charge is -2.16. The highest BCUT2D eigenvalue weighted by Crippen LogP contribution is 2.59. The summed E-state index contributed by atoms with van der Waals surface area (Å²) in [6.07, 6.45) is 5.02. The van der Waals surface area contributed by atoms with Gasteiger partial charge in [0.2, 0.25) is 0 Å². The van der Waals surface area contributed by atoms with E-state index >= 15 is 0 Å². The summed E-state index contributed by atoms with van der Waals surface area (Å²) in [5, 5.41) is 9.42. The molecule has 0 radical (unpaired) electrons. The zero-order valence-electron chi connectivity index (χ0n) is 19.0. The number of nitrogens with zero attached hydrogens (tertiary/aromatic N) is 6. The van der Waals surface area contributed by atoms with Gasteiger partial charge in [0.15, 0.2) is 11.0 Å². The molecular weight excluding hydrogens is 461 g/mol. The van der Waals surface area contributed by atoms with Crippen molar-refractivity contribution in [2.75, 3.05) is 25.4 Å². The largest absolute Gasteiger partial charge is 0.416 e. The first kappa shape index (κ1) is 23.3. The van der Waals surface area contributed by atoms with Gasteiger partial charge in [-0.1, -0.05) is 23.9 Å². The van der Waals surface area contributed by atoms with Crippen molar-refractivity contribution >= 4 is 11.8 Å². The fourth-order valence-corrected chi connectivity index (χ4v) is 5.87. The maximum atomic E-state index is 12.8.